The van der Waals surface area contributed by atoms with Crippen LogP contribution in [0.2, 0.25) is 0 Å². The Labute approximate surface area is 208 Å². The van der Waals surface area contributed by atoms with Crippen LogP contribution in [0, 0.1) is 24.2 Å². The second-order valence-corrected chi connectivity index (χ2v) is 10.2. The Balaban J connectivity index is 1.61. The summed E-state index contributed by atoms with van der Waals surface area (Å²) in [5, 5.41) is 11.3. The van der Waals surface area contributed by atoms with Crippen molar-refractivity contribution in [3.63, 3.8) is 0 Å². The molecular formula is C28H48N4O2. The quantitative estimate of drug-likeness (QED) is 0.185. The van der Waals surface area contributed by atoms with Crippen LogP contribution in [0.5, 0.6) is 0 Å². The van der Waals surface area contributed by atoms with Crippen LogP contribution in [0.4, 0.5) is 0 Å². The summed E-state index contributed by atoms with van der Waals surface area (Å²) in [6, 6.07) is 0. The first kappa shape index (κ1) is 28.4. The van der Waals surface area contributed by atoms with E-state index in [1.54, 1.807) is 6.92 Å². The van der Waals surface area contributed by atoms with Crippen molar-refractivity contribution in [2.75, 3.05) is 13.2 Å². The maximum absolute atomic E-state index is 11.0. The maximum atomic E-state index is 11.0. The number of aryl methyl sites for hydroxylation is 1. The van der Waals surface area contributed by atoms with E-state index in [1.165, 1.54) is 89.9 Å². The lowest BCUT2D eigenvalue weighted by Crippen LogP contribution is -2.20. The van der Waals surface area contributed by atoms with E-state index in [0.717, 1.165) is 43.5 Å². The normalized spacial score (nSPS) is 14.8. The minimum Gasteiger partial charge on any atom is -0.362 e. The zero-order chi connectivity index (χ0) is 24.3. The van der Waals surface area contributed by atoms with E-state index in [2.05, 4.69) is 21.5 Å². The monoisotopic (exact) mass is 472 g/mol. The van der Waals surface area contributed by atoms with Gasteiger partial charge >= 0.3 is 0 Å². The molecule has 1 saturated carbocycles. The molecule has 1 aromatic heterocycles. The van der Waals surface area contributed by atoms with Crippen LogP contribution in [0.1, 0.15) is 115 Å². The number of unbranched alkanes of at least 4 members (excludes halogenated alkanes) is 5. The Bertz CT molecular complexity index is 691. The van der Waals surface area contributed by atoms with Crippen molar-refractivity contribution >= 4 is 5.91 Å². The highest BCUT2D eigenvalue weighted by atomic mass is 16.5. The van der Waals surface area contributed by atoms with Crippen LogP contribution in [0.15, 0.2) is 6.20 Å². The van der Waals surface area contributed by atoms with Gasteiger partial charge in [-0.3, -0.25) is 9.48 Å². The summed E-state index contributed by atoms with van der Waals surface area (Å²) >= 11 is 0. The number of hydrogen-bond donors (Lipinski definition) is 1. The van der Waals surface area contributed by atoms with Crippen molar-refractivity contribution in [1.82, 2.24) is 20.3 Å². The fourth-order valence-corrected chi connectivity index (χ4v) is 5.21. The fraction of sp³-hybridized carbons (Fsp3) is 0.821. The van der Waals surface area contributed by atoms with Crippen molar-refractivity contribution in [3.8, 4) is 12.3 Å². The Kier molecular flexibility index (Phi) is 15.4. The van der Waals surface area contributed by atoms with Gasteiger partial charge in [0.05, 0.1) is 12.8 Å². The minimum absolute atomic E-state index is 0.0806. The van der Waals surface area contributed by atoms with E-state index in [0.29, 0.717) is 13.2 Å². The van der Waals surface area contributed by atoms with Gasteiger partial charge in [0.1, 0.15) is 12.3 Å². The lowest BCUT2D eigenvalue weighted by atomic mass is 9.89. The van der Waals surface area contributed by atoms with Crippen molar-refractivity contribution in [2.24, 2.45) is 11.8 Å². The van der Waals surface area contributed by atoms with Crippen LogP contribution in [0.25, 0.3) is 0 Å². The molecule has 0 aliphatic heterocycles. The van der Waals surface area contributed by atoms with Gasteiger partial charge in [-0.25, -0.2) is 0 Å². The zero-order valence-electron chi connectivity index (χ0n) is 21.6. The standard InChI is InChI=1S/C28H48N4O2/c1-3-22-34-24-28-23-32(31-30-28)21-13-11-19-26(14-6-4-5-12-20-29-25(2)33)15-7-8-16-27-17-9-10-18-27/h1,23,26-27H,4-22,24H2,2H3,(H,29,33)/t26-/m1/s1. The van der Waals surface area contributed by atoms with E-state index in [4.69, 9.17) is 11.2 Å². The van der Waals surface area contributed by atoms with Crippen LogP contribution in [-0.4, -0.2) is 34.1 Å². The molecule has 0 radical (unpaired) electrons. The van der Waals surface area contributed by atoms with Crippen molar-refractivity contribution in [1.29, 1.82) is 0 Å². The van der Waals surface area contributed by atoms with Gasteiger partial charge in [-0.15, -0.1) is 11.5 Å². The third-order valence-electron chi connectivity index (χ3n) is 7.13. The average molecular weight is 473 g/mol. The van der Waals surface area contributed by atoms with Crippen LogP contribution >= 0.6 is 0 Å². The molecule has 0 unspecified atom stereocenters. The van der Waals surface area contributed by atoms with Gasteiger partial charge in [-0.1, -0.05) is 101 Å². The molecule has 1 N–H and O–H groups in total. The summed E-state index contributed by atoms with van der Waals surface area (Å²) in [6.45, 7) is 4.07. The summed E-state index contributed by atoms with van der Waals surface area (Å²) < 4.78 is 7.26. The van der Waals surface area contributed by atoms with Crippen molar-refractivity contribution < 1.29 is 9.53 Å². The Morgan fingerprint density at radius 1 is 1.12 bits per heavy atom. The largest absolute Gasteiger partial charge is 0.362 e. The smallest absolute Gasteiger partial charge is 0.216 e. The van der Waals surface area contributed by atoms with Gasteiger partial charge in [0.15, 0.2) is 0 Å². The molecule has 1 amide bonds. The maximum Gasteiger partial charge on any atom is 0.216 e. The summed E-state index contributed by atoms with van der Waals surface area (Å²) in [5.74, 6) is 4.42. The molecule has 1 atom stereocenters. The van der Waals surface area contributed by atoms with E-state index in [9.17, 15) is 4.79 Å². The van der Waals surface area contributed by atoms with Crippen LogP contribution in [0.3, 0.4) is 0 Å². The predicted octanol–water partition coefficient (Wildman–Crippen LogP) is 6.05. The zero-order valence-corrected chi connectivity index (χ0v) is 21.6. The molecule has 1 aliphatic rings. The second kappa shape index (κ2) is 18.5. The number of rotatable bonds is 20. The Morgan fingerprint density at radius 2 is 1.82 bits per heavy atom. The molecule has 0 saturated heterocycles. The van der Waals surface area contributed by atoms with Crippen molar-refractivity contribution in [2.45, 2.75) is 123 Å². The fourth-order valence-electron chi connectivity index (χ4n) is 5.21. The highest BCUT2D eigenvalue weighted by Gasteiger charge is 2.15. The molecule has 0 spiro atoms. The first-order valence-electron chi connectivity index (χ1n) is 13.8. The summed E-state index contributed by atoms with van der Waals surface area (Å²) in [5.41, 5.74) is 0.842. The third kappa shape index (κ3) is 13.7. The van der Waals surface area contributed by atoms with E-state index in [1.807, 2.05) is 10.9 Å². The third-order valence-corrected chi connectivity index (χ3v) is 7.13. The predicted molar refractivity (Wildman–Crippen MR) is 138 cm³/mol. The lowest BCUT2D eigenvalue weighted by Gasteiger charge is -2.18. The van der Waals surface area contributed by atoms with Crippen LogP contribution in [-0.2, 0) is 22.7 Å². The molecule has 0 bridgehead atoms. The van der Waals surface area contributed by atoms with Gasteiger partial charge in [0.25, 0.3) is 0 Å². The molecule has 1 heterocycles. The second-order valence-electron chi connectivity index (χ2n) is 10.2. The molecule has 34 heavy (non-hydrogen) atoms. The number of hydrogen-bond acceptors (Lipinski definition) is 4. The number of nitrogens with zero attached hydrogens (tertiary/aromatic N) is 3. The number of terminal acetylenes is 1. The molecule has 192 valence electrons. The highest BCUT2D eigenvalue weighted by molar-refractivity contribution is 5.72. The number of carbonyl (C=O) groups excluding carboxylic acids is 1. The number of amides is 1. The van der Waals surface area contributed by atoms with Gasteiger partial charge in [0.2, 0.25) is 5.91 Å². The average Bonchev–Trinajstić information content (AvgIpc) is 3.50. The summed E-state index contributed by atoms with van der Waals surface area (Å²) in [7, 11) is 0. The Hall–Kier alpha value is -1.87. The molecule has 2 rings (SSSR count). The topological polar surface area (TPSA) is 69.0 Å². The summed E-state index contributed by atoms with van der Waals surface area (Å²) in [6.07, 6.45) is 28.7. The molecule has 6 heteroatoms. The van der Waals surface area contributed by atoms with E-state index >= 15 is 0 Å². The first-order chi connectivity index (χ1) is 16.7. The van der Waals surface area contributed by atoms with Crippen molar-refractivity contribution in [3.05, 3.63) is 11.9 Å². The number of aromatic nitrogens is 3. The molecular weight excluding hydrogens is 424 g/mol. The van der Waals surface area contributed by atoms with Gasteiger partial charge in [0, 0.05) is 20.0 Å². The minimum atomic E-state index is 0.0806. The number of ether oxygens (including phenoxy) is 1. The molecule has 1 aromatic rings. The number of nitrogens with one attached hydrogen (secondary N) is 1. The van der Waals surface area contributed by atoms with Gasteiger partial charge in [-0.05, 0) is 24.7 Å². The van der Waals surface area contributed by atoms with E-state index < -0.39 is 0 Å². The lowest BCUT2D eigenvalue weighted by molar-refractivity contribution is -0.118. The first-order valence-corrected chi connectivity index (χ1v) is 13.8. The number of carbonyl (C=O) groups is 1. The van der Waals surface area contributed by atoms with Crippen LogP contribution < -0.4 is 5.32 Å². The van der Waals surface area contributed by atoms with E-state index in [-0.39, 0.29) is 5.91 Å². The molecule has 1 aliphatic carbocycles. The van der Waals surface area contributed by atoms with Gasteiger partial charge in [-0.2, -0.15) is 0 Å². The molecule has 1 fully saturated rings. The summed E-state index contributed by atoms with van der Waals surface area (Å²) in [4.78, 5) is 11.0. The molecule has 6 nitrogen and oxygen atoms in total. The Morgan fingerprint density at radius 3 is 2.56 bits per heavy atom. The van der Waals surface area contributed by atoms with Gasteiger partial charge < -0.3 is 10.1 Å². The highest BCUT2D eigenvalue weighted by Crippen LogP contribution is 2.30. The SMILES string of the molecule is C#CCOCc1cn(CCCC[C@H](CCCCCCNC(C)=O)CCCCC2CCCC2)nn1. The molecule has 0 aromatic carbocycles.